The highest BCUT2D eigenvalue weighted by Gasteiger charge is 2.37. The van der Waals surface area contributed by atoms with Crippen LogP contribution in [0.5, 0.6) is 0 Å². The molecule has 2 aromatic heterocycles. The molecule has 1 saturated heterocycles. The second-order valence-electron chi connectivity index (χ2n) is 8.14. The van der Waals surface area contributed by atoms with Crippen LogP contribution in [0.15, 0.2) is 18.3 Å². The van der Waals surface area contributed by atoms with Crippen LogP contribution in [0.3, 0.4) is 0 Å². The van der Waals surface area contributed by atoms with Gasteiger partial charge >= 0.3 is 6.61 Å². The minimum atomic E-state index is -2.67. The van der Waals surface area contributed by atoms with Gasteiger partial charge in [0.1, 0.15) is 5.65 Å². The van der Waals surface area contributed by atoms with Crippen molar-refractivity contribution in [1.29, 1.82) is 0 Å². The standard InChI is InChI=1S/C21H27F2N3O2/c1-13(26-14(2)19(12-27)18-4-3-9-24-20(18)26)15-5-7-16(8-6-15)25-10-17(11-25)28-21(22)23/h3-4,9,12-13,15-17,21H,5-8,10-11H2,1-2H3/t13-,15?,16?/m1/s1. The molecular weight excluding hydrogens is 364 g/mol. The molecule has 0 unspecified atom stereocenters. The fraction of sp³-hybridized carbons (Fsp3) is 0.619. The Kier molecular flexibility index (Phi) is 5.47. The van der Waals surface area contributed by atoms with Gasteiger partial charge in [-0.25, -0.2) is 4.98 Å². The molecule has 2 aromatic rings. The minimum Gasteiger partial charge on any atom is -0.326 e. The monoisotopic (exact) mass is 391 g/mol. The molecule has 1 aliphatic heterocycles. The van der Waals surface area contributed by atoms with E-state index in [1.165, 1.54) is 0 Å². The van der Waals surface area contributed by atoms with Crippen LogP contribution in [0.4, 0.5) is 8.78 Å². The van der Waals surface area contributed by atoms with Crippen LogP contribution >= 0.6 is 0 Å². The van der Waals surface area contributed by atoms with Gasteiger partial charge in [-0.3, -0.25) is 9.69 Å². The number of fused-ring (bicyclic) bond motifs is 1. The minimum absolute atomic E-state index is 0.262. The van der Waals surface area contributed by atoms with E-state index in [0.29, 0.717) is 25.0 Å². The summed E-state index contributed by atoms with van der Waals surface area (Å²) in [5.41, 5.74) is 2.59. The van der Waals surface area contributed by atoms with E-state index in [-0.39, 0.29) is 12.1 Å². The summed E-state index contributed by atoms with van der Waals surface area (Å²) in [5, 5.41) is 0.918. The lowest BCUT2D eigenvalue weighted by Gasteiger charge is -2.46. The van der Waals surface area contributed by atoms with Crippen LogP contribution in [0.25, 0.3) is 11.0 Å². The number of aldehydes is 1. The molecule has 7 heteroatoms. The third-order valence-electron chi connectivity index (χ3n) is 6.69. The molecule has 152 valence electrons. The van der Waals surface area contributed by atoms with Crippen molar-refractivity contribution in [3.8, 4) is 0 Å². The first-order valence-corrected chi connectivity index (χ1v) is 10.1. The Balaban J connectivity index is 1.41. The Labute approximate surface area is 163 Å². The lowest BCUT2D eigenvalue weighted by Crippen LogP contribution is -2.57. The summed E-state index contributed by atoms with van der Waals surface area (Å²) >= 11 is 0. The van der Waals surface area contributed by atoms with E-state index < -0.39 is 6.61 Å². The quantitative estimate of drug-likeness (QED) is 0.693. The molecule has 28 heavy (non-hydrogen) atoms. The number of likely N-dealkylation sites (tertiary alicyclic amines) is 1. The molecule has 3 heterocycles. The SMILES string of the molecule is Cc1c(C=O)c2cccnc2n1[C@H](C)C1CCC(N2CC(OC(F)F)C2)CC1. The molecule has 5 nitrogen and oxygen atoms in total. The molecule has 2 aliphatic rings. The summed E-state index contributed by atoms with van der Waals surface area (Å²) in [6.07, 6.45) is 6.71. The lowest BCUT2D eigenvalue weighted by molar-refractivity contribution is -0.202. The van der Waals surface area contributed by atoms with Crippen LogP contribution in [-0.2, 0) is 4.74 Å². The number of aromatic nitrogens is 2. The summed E-state index contributed by atoms with van der Waals surface area (Å²) in [7, 11) is 0. The van der Waals surface area contributed by atoms with Crippen LogP contribution in [0.2, 0.25) is 0 Å². The molecule has 0 amide bonds. The maximum atomic E-state index is 12.3. The number of carbonyl (C=O) groups excluding carboxylic acids is 1. The van der Waals surface area contributed by atoms with E-state index >= 15 is 0 Å². The Morgan fingerprint density at radius 3 is 2.61 bits per heavy atom. The number of hydrogen-bond acceptors (Lipinski definition) is 4. The molecule has 0 radical (unpaired) electrons. The number of halogens is 2. The zero-order valence-corrected chi connectivity index (χ0v) is 16.4. The van der Waals surface area contributed by atoms with Gasteiger partial charge in [0.2, 0.25) is 0 Å². The topological polar surface area (TPSA) is 47.4 Å². The van der Waals surface area contributed by atoms with Gasteiger partial charge in [0.05, 0.1) is 6.10 Å². The van der Waals surface area contributed by atoms with Gasteiger partial charge in [-0.15, -0.1) is 0 Å². The first kappa shape index (κ1) is 19.5. The van der Waals surface area contributed by atoms with E-state index in [2.05, 4.69) is 26.1 Å². The van der Waals surface area contributed by atoms with Crippen molar-refractivity contribution in [3.05, 3.63) is 29.6 Å². The lowest BCUT2D eigenvalue weighted by atomic mass is 9.80. The molecule has 0 bridgehead atoms. The normalized spacial score (nSPS) is 25.2. The second kappa shape index (κ2) is 7.87. The predicted molar refractivity (Wildman–Crippen MR) is 103 cm³/mol. The molecule has 4 rings (SSSR count). The Morgan fingerprint density at radius 1 is 1.25 bits per heavy atom. The van der Waals surface area contributed by atoms with Crippen LogP contribution in [0, 0.1) is 12.8 Å². The number of ether oxygens (including phenoxy) is 1. The van der Waals surface area contributed by atoms with Gasteiger partial charge in [-0.2, -0.15) is 8.78 Å². The van der Waals surface area contributed by atoms with Gasteiger partial charge < -0.3 is 9.30 Å². The maximum Gasteiger partial charge on any atom is 0.345 e. The average Bonchev–Trinajstić information content (AvgIpc) is 2.95. The Morgan fingerprint density at radius 2 is 1.96 bits per heavy atom. The van der Waals surface area contributed by atoms with Gasteiger partial charge in [0.25, 0.3) is 0 Å². The Hall–Kier alpha value is -1.86. The molecule has 1 atom stereocenters. The van der Waals surface area contributed by atoms with Crippen molar-refractivity contribution >= 4 is 17.3 Å². The smallest absolute Gasteiger partial charge is 0.326 e. The highest BCUT2D eigenvalue weighted by Crippen LogP contribution is 2.39. The van der Waals surface area contributed by atoms with Crippen LogP contribution in [-0.4, -0.2) is 52.6 Å². The number of carbonyl (C=O) groups is 1. The average molecular weight is 391 g/mol. The fourth-order valence-corrected chi connectivity index (χ4v) is 5.09. The molecule has 1 aliphatic carbocycles. The van der Waals surface area contributed by atoms with Crippen molar-refractivity contribution in [3.63, 3.8) is 0 Å². The van der Waals surface area contributed by atoms with Gasteiger partial charge in [0, 0.05) is 48.0 Å². The zero-order chi connectivity index (χ0) is 19.8. The molecule has 0 N–H and O–H groups in total. The van der Waals surface area contributed by atoms with Crippen molar-refractivity contribution in [2.45, 2.75) is 64.3 Å². The van der Waals surface area contributed by atoms with Crippen LogP contribution < -0.4 is 0 Å². The van der Waals surface area contributed by atoms with E-state index in [0.717, 1.165) is 54.3 Å². The number of pyridine rings is 1. The predicted octanol–water partition coefficient (Wildman–Crippen LogP) is 4.20. The molecule has 2 fully saturated rings. The van der Waals surface area contributed by atoms with E-state index in [4.69, 9.17) is 0 Å². The summed E-state index contributed by atoms with van der Waals surface area (Å²) in [6.45, 7) is 2.77. The molecule has 0 aromatic carbocycles. The number of nitrogens with zero attached hydrogens (tertiary/aromatic N) is 3. The summed E-state index contributed by atoms with van der Waals surface area (Å²) in [5.74, 6) is 0.515. The van der Waals surface area contributed by atoms with Crippen molar-refractivity contribution in [2.24, 2.45) is 5.92 Å². The fourth-order valence-electron chi connectivity index (χ4n) is 5.09. The van der Waals surface area contributed by atoms with Gasteiger partial charge in [-0.1, -0.05) is 0 Å². The van der Waals surface area contributed by atoms with E-state index in [1.54, 1.807) is 6.20 Å². The van der Waals surface area contributed by atoms with E-state index in [9.17, 15) is 13.6 Å². The van der Waals surface area contributed by atoms with Crippen molar-refractivity contribution in [2.75, 3.05) is 13.1 Å². The van der Waals surface area contributed by atoms with Crippen LogP contribution in [0.1, 0.15) is 54.7 Å². The molecule has 0 spiro atoms. The third-order valence-corrected chi connectivity index (χ3v) is 6.69. The first-order valence-electron chi connectivity index (χ1n) is 10.1. The highest BCUT2D eigenvalue weighted by molar-refractivity contribution is 5.97. The molecule has 1 saturated carbocycles. The van der Waals surface area contributed by atoms with Gasteiger partial charge in [0.15, 0.2) is 6.29 Å². The largest absolute Gasteiger partial charge is 0.345 e. The van der Waals surface area contributed by atoms with Crippen molar-refractivity contribution in [1.82, 2.24) is 14.5 Å². The van der Waals surface area contributed by atoms with Crippen molar-refractivity contribution < 1.29 is 18.3 Å². The number of alkyl halides is 2. The number of rotatable bonds is 6. The van der Waals surface area contributed by atoms with Gasteiger partial charge in [-0.05, 0) is 57.6 Å². The summed E-state index contributed by atoms with van der Waals surface area (Å²) in [6, 6.07) is 4.55. The maximum absolute atomic E-state index is 12.3. The summed E-state index contributed by atoms with van der Waals surface area (Å²) < 4.78 is 31.4. The van der Waals surface area contributed by atoms with E-state index in [1.807, 2.05) is 19.1 Å². The Bertz CT molecular complexity index is 840. The second-order valence-corrected chi connectivity index (χ2v) is 8.14. The summed E-state index contributed by atoms with van der Waals surface area (Å²) in [4.78, 5) is 18.4. The first-order chi connectivity index (χ1) is 13.5. The highest BCUT2D eigenvalue weighted by atomic mass is 19.3. The third kappa shape index (κ3) is 3.46. The zero-order valence-electron chi connectivity index (χ0n) is 16.4. The molecular formula is C21H27F2N3O2. The number of hydrogen-bond donors (Lipinski definition) is 0.